The molecule has 0 nitrogen and oxygen atoms in total. The number of rotatable bonds is 0. The molecule has 33 valence electrons. The van der Waals surface area contributed by atoms with E-state index >= 15 is 0 Å². The van der Waals surface area contributed by atoms with Gasteiger partial charge in [-0.2, -0.15) is 0 Å². The molecule has 0 amide bonds. The molecule has 1 rings (SSSR count). The van der Waals surface area contributed by atoms with Gasteiger partial charge >= 0.3 is 48.9 Å². The molecular formula is C5H8Sb. The topological polar surface area (TPSA) is 0 Å². The van der Waals surface area contributed by atoms with E-state index < -0.39 is 0 Å². The Hall–Kier alpha value is 0.558. The monoisotopic (exact) mass is 189 g/mol. The fraction of sp³-hybridized carbons (Fsp3) is 0.600. The SMILES string of the molecule is C1=[CH][Sb][CH2]CC1. The van der Waals surface area contributed by atoms with Crippen molar-refractivity contribution in [1.29, 1.82) is 0 Å². The normalized spacial score (nSPS) is 21.3. The van der Waals surface area contributed by atoms with Crippen LogP contribution in [0.3, 0.4) is 0 Å². The second-order valence-corrected chi connectivity index (χ2v) is 4.60. The van der Waals surface area contributed by atoms with E-state index in [1.165, 1.54) is 12.8 Å². The van der Waals surface area contributed by atoms with Gasteiger partial charge in [0.25, 0.3) is 0 Å². The Bertz CT molecular complexity index is 49.0. The van der Waals surface area contributed by atoms with Crippen molar-refractivity contribution in [3.05, 3.63) is 10.1 Å². The van der Waals surface area contributed by atoms with Crippen LogP contribution < -0.4 is 0 Å². The summed E-state index contributed by atoms with van der Waals surface area (Å²) < 4.78 is 3.98. The summed E-state index contributed by atoms with van der Waals surface area (Å²) in [5.74, 6) is 0. The molecule has 6 heavy (non-hydrogen) atoms. The first kappa shape index (κ1) is 4.71. The van der Waals surface area contributed by atoms with Gasteiger partial charge in [0.15, 0.2) is 0 Å². The first-order chi connectivity index (χ1) is 3.00. The van der Waals surface area contributed by atoms with E-state index in [4.69, 9.17) is 0 Å². The van der Waals surface area contributed by atoms with Gasteiger partial charge in [0.2, 0.25) is 0 Å². The van der Waals surface area contributed by atoms with E-state index in [1.54, 1.807) is 4.37 Å². The molecule has 0 N–H and O–H groups in total. The second-order valence-electron chi connectivity index (χ2n) is 1.43. The third-order valence-corrected chi connectivity index (χ3v) is 3.71. The van der Waals surface area contributed by atoms with E-state index in [2.05, 4.69) is 10.1 Å². The third kappa shape index (κ3) is 1.34. The van der Waals surface area contributed by atoms with Crippen LogP contribution in [0, 0.1) is 0 Å². The standard InChI is InChI=1S/C5H8.Sb/c1-3-5-4-2;/h1,3H,2,4-5H2;. The first-order valence-electron chi connectivity index (χ1n) is 2.32. The van der Waals surface area contributed by atoms with Gasteiger partial charge in [-0.25, -0.2) is 0 Å². The summed E-state index contributed by atoms with van der Waals surface area (Å²) in [7, 11) is 0. The molecule has 0 aromatic rings. The van der Waals surface area contributed by atoms with Crippen molar-refractivity contribution in [2.75, 3.05) is 0 Å². The summed E-state index contributed by atoms with van der Waals surface area (Å²) in [5.41, 5.74) is 0. The van der Waals surface area contributed by atoms with Crippen LogP contribution in [0.5, 0.6) is 0 Å². The Morgan fingerprint density at radius 1 is 1.50 bits per heavy atom. The first-order valence-corrected chi connectivity index (χ1v) is 5.59. The quantitative estimate of drug-likeness (QED) is 0.506. The van der Waals surface area contributed by atoms with Crippen LogP contribution in [0.15, 0.2) is 10.1 Å². The fourth-order valence-corrected chi connectivity index (χ4v) is 2.84. The fourth-order valence-electron chi connectivity index (χ4n) is 0.524. The average molecular weight is 190 g/mol. The zero-order chi connectivity index (χ0) is 4.24. The molecule has 0 aromatic carbocycles. The maximum absolute atomic E-state index is 2.42. The minimum atomic E-state index is 0.249. The van der Waals surface area contributed by atoms with Crippen molar-refractivity contribution in [2.45, 2.75) is 17.2 Å². The molecular weight excluding hydrogens is 182 g/mol. The van der Waals surface area contributed by atoms with E-state index in [0.29, 0.717) is 0 Å². The molecule has 0 aromatic heterocycles. The van der Waals surface area contributed by atoms with Crippen LogP contribution in [-0.2, 0) is 0 Å². The second kappa shape index (κ2) is 2.69. The molecule has 0 atom stereocenters. The molecule has 1 heteroatoms. The molecule has 1 aliphatic rings. The molecule has 0 fully saturated rings. The maximum atomic E-state index is 2.42. The Kier molecular flexibility index (Phi) is 2.11. The predicted octanol–water partition coefficient (Wildman–Crippen LogP) is 1.42. The Balaban J connectivity index is 2.26. The summed E-state index contributed by atoms with van der Waals surface area (Å²) >= 11 is 0.249. The van der Waals surface area contributed by atoms with Crippen LogP contribution in [0.25, 0.3) is 0 Å². The summed E-state index contributed by atoms with van der Waals surface area (Å²) in [6.07, 6.45) is 5.17. The van der Waals surface area contributed by atoms with Crippen molar-refractivity contribution in [3.63, 3.8) is 0 Å². The third-order valence-electron chi connectivity index (χ3n) is 0.869. The van der Waals surface area contributed by atoms with Gasteiger partial charge in [0, 0.05) is 0 Å². The van der Waals surface area contributed by atoms with Crippen molar-refractivity contribution >= 4 is 21.6 Å². The van der Waals surface area contributed by atoms with Gasteiger partial charge in [0.05, 0.1) is 0 Å². The van der Waals surface area contributed by atoms with Crippen molar-refractivity contribution in [3.8, 4) is 0 Å². The summed E-state index contributed by atoms with van der Waals surface area (Å²) in [4.78, 5) is 0. The van der Waals surface area contributed by atoms with Crippen LogP contribution >= 0.6 is 0 Å². The molecule has 0 bridgehead atoms. The number of allylic oxidation sites excluding steroid dienone is 1. The van der Waals surface area contributed by atoms with E-state index in [0.717, 1.165) is 0 Å². The van der Waals surface area contributed by atoms with Crippen molar-refractivity contribution in [1.82, 2.24) is 0 Å². The summed E-state index contributed by atoms with van der Waals surface area (Å²) in [6.45, 7) is 0. The van der Waals surface area contributed by atoms with Gasteiger partial charge in [-0.1, -0.05) is 0 Å². The summed E-state index contributed by atoms with van der Waals surface area (Å²) in [6, 6.07) is 0. The van der Waals surface area contributed by atoms with E-state index in [-0.39, 0.29) is 21.6 Å². The summed E-state index contributed by atoms with van der Waals surface area (Å²) in [5, 5.41) is 0. The molecule has 0 unspecified atom stereocenters. The molecule has 1 radical (unpaired) electrons. The number of hydrogen-bond acceptors (Lipinski definition) is 0. The Labute approximate surface area is 49.2 Å². The molecule has 0 aliphatic carbocycles. The zero-order valence-electron chi connectivity index (χ0n) is 3.72. The minimum absolute atomic E-state index is 0.249. The molecule has 0 saturated heterocycles. The van der Waals surface area contributed by atoms with Gasteiger partial charge in [-0.3, -0.25) is 0 Å². The van der Waals surface area contributed by atoms with Crippen molar-refractivity contribution in [2.24, 2.45) is 0 Å². The molecule has 1 aliphatic heterocycles. The van der Waals surface area contributed by atoms with Gasteiger partial charge < -0.3 is 0 Å². The number of hydrogen-bond donors (Lipinski definition) is 0. The van der Waals surface area contributed by atoms with Crippen LogP contribution in [-0.4, -0.2) is 21.6 Å². The van der Waals surface area contributed by atoms with E-state index in [9.17, 15) is 0 Å². The van der Waals surface area contributed by atoms with Crippen LogP contribution in [0.4, 0.5) is 0 Å². The van der Waals surface area contributed by atoms with E-state index in [1.807, 2.05) is 0 Å². The Morgan fingerprint density at radius 3 is 2.67 bits per heavy atom. The molecule has 0 spiro atoms. The predicted molar refractivity (Wildman–Crippen MR) is 28.9 cm³/mol. The van der Waals surface area contributed by atoms with Crippen LogP contribution in [0.1, 0.15) is 12.8 Å². The molecule has 1 heterocycles. The molecule has 0 saturated carbocycles. The van der Waals surface area contributed by atoms with Gasteiger partial charge in [0.1, 0.15) is 0 Å². The average Bonchev–Trinajstić information content (AvgIpc) is 1.72. The van der Waals surface area contributed by atoms with Gasteiger partial charge in [-0.05, 0) is 0 Å². The Morgan fingerprint density at radius 2 is 2.50 bits per heavy atom. The zero-order valence-corrected chi connectivity index (χ0v) is 6.28. The van der Waals surface area contributed by atoms with Crippen LogP contribution in [0.2, 0.25) is 4.37 Å². The van der Waals surface area contributed by atoms with Crippen molar-refractivity contribution < 1.29 is 0 Å². The van der Waals surface area contributed by atoms with Gasteiger partial charge in [-0.15, -0.1) is 0 Å².